The smallest absolute Gasteiger partial charge is 0.00487 e. The molecule has 1 nitrogen and oxygen atoms in total. The van der Waals surface area contributed by atoms with Gasteiger partial charge in [-0.15, -0.1) is 0 Å². The van der Waals surface area contributed by atoms with Crippen molar-refractivity contribution < 1.29 is 0 Å². The molecule has 0 saturated heterocycles. The van der Waals surface area contributed by atoms with Crippen LogP contribution in [0.1, 0.15) is 53.4 Å². The summed E-state index contributed by atoms with van der Waals surface area (Å²) in [4.78, 5) is 0. The minimum absolute atomic E-state index is 0.755. The van der Waals surface area contributed by atoms with Gasteiger partial charge in [0, 0.05) is 0 Å². The average molecular weight is 185 g/mol. The van der Waals surface area contributed by atoms with Crippen molar-refractivity contribution in [3.63, 3.8) is 0 Å². The van der Waals surface area contributed by atoms with Gasteiger partial charge in [-0.3, -0.25) is 0 Å². The van der Waals surface area contributed by atoms with Crippen molar-refractivity contribution >= 4 is 0 Å². The minimum Gasteiger partial charge on any atom is -0.330 e. The maximum absolute atomic E-state index is 5.78. The fourth-order valence-electron chi connectivity index (χ4n) is 2.05. The highest BCUT2D eigenvalue weighted by Crippen LogP contribution is 2.23. The minimum atomic E-state index is 0.755. The molecule has 13 heavy (non-hydrogen) atoms. The van der Waals surface area contributed by atoms with E-state index < -0.39 is 0 Å². The van der Waals surface area contributed by atoms with Crippen LogP contribution in [0.5, 0.6) is 0 Å². The summed E-state index contributed by atoms with van der Waals surface area (Å²) in [6.07, 6.45) is 5.25. The van der Waals surface area contributed by atoms with Crippen molar-refractivity contribution in [2.75, 3.05) is 6.54 Å². The van der Waals surface area contributed by atoms with E-state index in [2.05, 4.69) is 27.7 Å². The van der Waals surface area contributed by atoms with Crippen molar-refractivity contribution in [1.29, 1.82) is 0 Å². The molecule has 80 valence electrons. The zero-order chi connectivity index (χ0) is 10.3. The zero-order valence-electron chi connectivity index (χ0n) is 9.84. The van der Waals surface area contributed by atoms with Crippen LogP contribution in [0.25, 0.3) is 0 Å². The zero-order valence-corrected chi connectivity index (χ0v) is 9.84. The molecule has 0 bridgehead atoms. The predicted molar refractivity (Wildman–Crippen MR) is 60.7 cm³/mol. The highest BCUT2D eigenvalue weighted by atomic mass is 14.5. The molecule has 0 amide bonds. The first-order valence-corrected chi connectivity index (χ1v) is 5.83. The highest BCUT2D eigenvalue weighted by Gasteiger charge is 2.13. The van der Waals surface area contributed by atoms with Gasteiger partial charge in [-0.25, -0.2) is 0 Å². The molecule has 2 N–H and O–H groups in total. The molecular formula is C12H27N. The van der Waals surface area contributed by atoms with Crippen LogP contribution in [0.2, 0.25) is 0 Å². The van der Waals surface area contributed by atoms with Crippen LogP contribution in [0.15, 0.2) is 0 Å². The van der Waals surface area contributed by atoms with Crippen molar-refractivity contribution in [1.82, 2.24) is 0 Å². The van der Waals surface area contributed by atoms with Crippen LogP contribution < -0.4 is 5.73 Å². The summed E-state index contributed by atoms with van der Waals surface area (Å²) in [5.74, 6) is 2.44. The summed E-state index contributed by atoms with van der Waals surface area (Å²) in [6.45, 7) is 10.0. The molecule has 0 aromatic carbocycles. The molecule has 0 aliphatic carbocycles. The maximum Gasteiger partial charge on any atom is -0.00487 e. The van der Waals surface area contributed by atoms with Gasteiger partial charge in [-0.05, 0) is 37.1 Å². The predicted octanol–water partition coefficient (Wildman–Crippen LogP) is 3.43. The van der Waals surface area contributed by atoms with E-state index in [4.69, 9.17) is 5.73 Å². The number of hydrogen-bond donors (Lipinski definition) is 1. The topological polar surface area (TPSA) is 26.0 Å². The lowest BCUT2D eigenvalue weighted by atomic mass is 9.86. The maximum atomic E-state index is 5.78. The number of nitrogens with two attached hydrogens (primary N) is 1. The molecule has 0 fully saturated rings. The van der Waals surface area contributed by atoms with Crippen LogP contribution in [-0.2, 0) is 0 Å². The van der Waals surface area contributed by atoms with E-state index in [1.807, 2.05) is 0 Å². The normalized spacial score (nSPS) is 14.1. The average Bonchev–Trinajstić information content (AvgIpc) is 2.11. The highest BCUT2D eigenvalue weighted by molar-refractivity contribution is 4.67. The fourth-order valence-corrected chi connectivity index (χ4v) is 2.05. The van der Waals surface area contributed by atoms with Crippen LogP contribution in [0, 0.1) is 17.8 Å². The molecule has 0 aliphatic heterocycles. The van der Waals surface area contributed by atoms with E-state index in [9.17, 15) is 0 Å². The first kappa shape index (κ1) is 13.0. The van der Waals surface area contributed by atoms with Gasteiger partial charge in [0.05, 0.1) is 0 Å². The van der Waals surface area contributed by atoms with Gasteiger partial charge in [-0.1, -0.05) is 40.5 Å². The lowest BCUT2D eigenvalue weighted by Gasteiger charge is -2.21. The Balaban J connectivity index is 3.80. The number of hydrogen-bond acceptors (Lipinski definition) is 1. The summed E-state index contributed by atoms with van der Waals surface area (Å²) in [7, 11) is 0. The third kappa shape index (κ3) is 6.09. The molecule has 0 rings (SSSR count). The standard InChI is InChI=1S/C12H27N/c1-5-11(6-2)8-12(9-13)7-10(3)4/h10-12H,5-9,13H2,1-4H3. The second-order valence-corrected chi connectivity index (χ2v) is 4.65. The summed E-state index contributed by atoms with van der Waals surface area (Å²) < 4.78 is 0. The van der Waals surface area contributed by atoms with E-state index in [1.54, 1.807) is 0 Å². The van der Waals surface area contributed by atoms with Crippen LogP contribution in [-0.4, -0.2) is 6.54 Å². The van der Waals surface area contributed by atoms with Crippen LogP contribution in [0.4, 0.5) is 0 Å². The van der Waals surface area contributed by atoms with Crippen molar-refractivity contribution in [2.45, 2.75) is 53.4 Å². The van der Waals surface area contributed by atoms with Crippen LogP contribution >= 0.6 is 0 Å². The molecule has 0 spiro atoms. The monoisotopic (exact) mass is 185 g/mol. The number of rotatable bonds is 7. The van der Waals surface area contributed by atoms with Gasteiger partial charge >= 0.3 is 0 Å². The fraction of sp³-hybridized carbons (Fsp3) is 1.00. The Morgan fingerprint density at radius 1 is 0.923 bits per heavy atom. The van der Waals surface area contributed by atoms with E-state index in [-0.39, 0.29) is 0 Å². The Morgan fingerprint density at radius 3 is 1.77 bits per heavy atom. The summed E-state index contributed by atoms with van der Waals surface area (Å²) in [5, 5.41) is 0. The van der Waals surface area contributed by atoms with Gasteiger partial charge < -0.3 is 5.73 Å². The first-order chi connectivity index (χ1) is 6.13. The Hall–Kier alpha value is -0.0400. The molecule has 1 heteroatoms. The van der Waals surface area contributed by atoms with Gasteiger partial charge in [0.25, 0.3) is 0 Å². The summed E-state index contributed by atoms with van der Waals surface area (Å²) in [6, 6.07) is 0. The van der Waals surface area contributed by atoms with E-state index in [0.29, 0.717) is 0 Å². The Labute approximate surface area is 84.1 Å². The van der Waals surface area contributed by atoms with Gasteiger partial charge in [0.2, 0.25) is 0 Å². The molecule has 1 atom stereocenters. The molecule has 0 aromatic rings. The first-order valence-electron chi connectivity index (χ1n) is 5.83. The van der Waals surface area contributed by atoms with Crippen molar-refractivity contribution in [3.8, 4) is 0 Å². The lowest BCUT2D eigenvalue weighted by molar-refractivity contribution is 0.314. The molecule has 0 saturated carbocycles. The van der Waals surface area contributed by atoms with Crippen LogP contribution in [0.3, 0.4) is 0 Å². The third-order valence-electron chi connectivity index (χ3n) is 2.96. The van der Waals surface area contributed by atoms with Gasteiger partial charge in [-0.2, -0.15) is 0 Å². The second-order valence-electron chi connectivity index (χ2n) is 4.65. The third-order valence-corrected chi connectivity index (χ3v) is 2.96. The van der Waals surface area contributed by atoms with Crippen molar-refractivity contribution in [3.05, 3.63) is 0 Å². The molecule has 0 aliphatic rings. The van der Waals surface area contributed by atoms with Gasteiger partial charge in [0.15, 0.2) is 0 Å². The Morgan fingerprint density at radius 2 is 1.46 bits per heavy atom. The van der Waals surface area contributed by atoms with E-state index >= 15 is 0 Å². The largest absolute Gasteiger partial charge is 0.330 e. The van der Waals surface area contributed by atoms with E-state index in [0.717, 1.165) is 24.3 Å². The molecule has 0 heterocycles. The quantitative estimate of drug-likeness (QED) is 0.646. The molecule has 0 radical (unpaired) electrons. The summed E-state index contributed by atoms with van der Waals surface area (Å²) in [5.41, 5.74) is 5.78. The van der Waals surface area contributed by atoms with Crippen molar-refractivity contribution in [2.24, 2.45) is 23.5 Å². The SMILES string of the molecule is CCC(CC)CC(CN)CC(C)C. The van der Waals surface area contributed by atoms with E-state index in [1.165, 1.54) is 25.7 Å². The molecular weight excluding hydrogens is 158 g/mol. The Bertz CT molecular complexity index is 106. The Kier molecular flexibility index (Phi) is 7.35. The summed E-state index contributed by atoms with van der Waals surface area (Å²) >= 11 is 0. The second kappa shape index (κ2) is 7.37. The molecule has 0 aromatic heterocycles. The lowest BCUT2D eigenvalue weighted by Crippen LogP contribution is -2.19. The molecule has 1 unspecified atom stereocenters. The van der Waals surface area contributed by atoms with Gasteiger partial charge in [0.1, 0.15) is 0 Å².